The van der Waals surface area contributed by atoms with Crippen molar-refractivity contribution in [2.75, 3.05) is 18.5 Å². The maximum Gasteiger partial charge on any atom is 0.189 e. The van der Waals surface area contributed by atoms with E-state index in [0.717, 1.165) is 54.1 Å². The molecule has 4 aromatic heterocycles. The fourth-order valence-electron chi connectivity index (χ4n) is 4.82. The quantitative estimate of drug-likeness (QED) is 0.470. The van der Waals surface area contributed by atoms with Gasteiger partial charge in [0.1, 0.15) is 11.9 Å². The molecule has 34 heavy (non-hydrogen) atoms. The number of nitrogens with zero attached hydrogens (tertiary/aromatic N) is 5. The number of ether oxygens (including phenoxy) is 2. The Labute approximate surface area is 195 Å². The largest absolute Gasteiger partial charge is 0.488 e. The first-order chi connectivity index (χ1) is 16.5. The maximum absolute atomic E-state index is 14.0. The predicted molar refractivity (Wildman–Crippen MR) is 125 cm³/mol. The minimum Gasteiger partial charge on any atom is -0.488 e. The summed E-state index contributed by atoms with van der Waals surface area (Å²) >= 11 is 0. The number of anilines is 2. The van der Waals surface area contributed by atoms with Crippen molar-refractivity contribution in [3.63, 3.8) is 0 Å². The third-order valence-electron chi connectivity index (χ3n) is 6.31. The number of morpholine rings is 1. The summed E-state index contributed by atoms with van der Waals surface area (Å²) in [5.74, 6) is 1.00. The Kier molecular flexibility index (Phi) is 5.19. The number of hydrogen-bond donors (Lipinski definition) is 2. The molecule has 0 aromatic carbocycles. The first-order valence-corrected chi connectivity index (χ1v) is 11.4. The van der Waals surface area contributed by atoms with Crippen molar-refractivity contribution in [2.45, 2.75) is 38.0 Å². The molecule has 6 rings (SSSR count). The molecule has 0 radical (unpaired) electrons. The Bertz CT molecular complexity index is 1340. The third-order valence-corrected chi connectivity index (χ3v) is 6.31. The van der Waals surface area contributed by atoms with Crippen LogP contribution in [0.3, 0.4) is 0 Å². The SMILES string of the molecule is Cc1cc(-c2ccn3nc(Nc4nn(C)cc4F)cc3c2)c(OC2C[C@H]3COC[C@@H](C2)N3)cn1. The Hall–Kier alpha value is -3.50. The first kappa shape index (κ1) is 21.1. The van der Waals surface area contributed by atoms with E-state index in [1.807, 2.05) is 43.6 Å². The van der Waals surface area contributed by atoms with Gasteiger partial charge in [-0.2, -0.15) is 10.2 Å². The van der Waals surface area contributed by atoms with Crippen molar-refractivity contribution < 1.29 is 13.9 Å². The molecule has 9 nitrogen and oxygen atoms in total. The molecule has 2 aliphatic heterocycles. The zero-order valence-electron chi connectivity index (χ0n) is 19.0. The average Bonchev–Trinajstić information content (AvgIpc) is 3.35. The Balaban J connectivity index is 1.29. The number of hydrogen-bond acceptors (Lipinski definition) is 7. The highest BCUT2D eigenvalue weighted by molar-refractivity contribution is 5.75. The summed E-state index contributed by atoms with van der Waals surface area (Å²) in [5.41, 5.74) is 3.77. The molecule has 4 aromatic rings. The number of fused-ring (bicyclic) bond motifs is 3. The molecule has 0 spiro atoms. The van der Waals surface area contributed by atoms with Crippen molar-refractivity contribution >= 4 is 17.2 Å². The highest BCUT2D eigenvalue weighted by atomic mass is 19.1. The van der Waals surface area contributed by atoms with E-state index >= 15 is 0 Å². The second kappa shape index (κ2) is 8.37. The smallest absolute Gasteiger partial charge is 0.189 e. The molecular formula is C24H26FN7O2. The van der Waals surface area contributed by atoms with E-state index in [1.54, 1.807) is 11.6 Å². The monoisotopic (exact) mass is 463 g/mol. The van der Waals surface area contributed by atoms with Gasteiger partial charge in [-0.15, -0.1) is 0 Å². The van der Waals surface area contributed by atoms with Crippen LogP contribution in [0.4, 0.5) is 16.0 Å². The summed E-state index contributed by atoms with van der Waals surface area (Å²) in [6.07, 6.45) is 6.94. The standard InChI is InChI=1S/C24H26FN7O2/c1-14-5-20(22(10-26-14)34-19-7-16-12-33-13-17(8-19)27-16)15-3-4-32-18(6-15)9-23(29-32)28-24-21(25)11-31(2)30-24/h3-6,9-11,16-17,19,27H,7-8,12-13H2,1-2H3,(H,28,29,30)/t16-,17+,19?. The summed E-state index contributed by atoms with van der Waals surface area (Å²) in [6, 6.07) is 8.61. The van der Waals surface area contributed by atoms with E-state index in [9.17, 15) is 4.39 Å². The molecule has 6 heterocycles. The number of aromatic nitrogens is 5. The number of rotatable bonds is 5. The molecule has 0 amide bonds. The van der Waals surface area contributed by atoms with E-state index in [0.29, 0.717) is 17.9 Å². The fraction of sp³-hybridized carbons (Fsp3) is 0.375. The molecular weight excluding hydrogens is 437 g/mol. The lowest BCUT2D eigenvalue weighted by molar-refractivity contribution is -0.0122. The van der Waals surface area contributed by atoms with Crippen molar-refractivity contribution in [1.82, 2.24) is 29.7 Å². The van der Waals surface area contributed by atoms with Crippen LogP contribution in [0.15, 0.2) is 42.9 Å². The van der Waals surface area contributed by atoms with Crippen LogP contribution in [-0.2, 0) is 11.8 Å². The van der Waals surface area contributed by atoms with E-state index in [2.05, 4.69) is 25.8 Å². The summed E-state index contributed by atoms with van der Waals surface area (Å²) in [4.78, 5) is 4.49. The van der Waals surface area contributed by atoms with Crippen LogP contribution in [-0.4, -0.2) is 55.8 Å². The van der Waals surface area contributed by atoms with Gasteiger partial charge < -0.3 is 20.1 Å². The van der Waals surface area contributed by atoms with E-state index in [4.69, 9.17) is 9.47 Å². The van der Waals surface area contributed by atoms with Gasteiger partial charge in [-0.05, 0) is 30.7 Å². The van der Waals surface area contributed by atoms with Gasteiger partial charge in [0.05, 0.1) is 31.1 Å². The minimum atomic E-state index is -0.428. The van der Waals surface area contributed by atoms with Crippen molar-refractivity contribution in [3.05, 3.63) is 54.4 Å². The second-order valence-electron chi connectivity index (χ2n) is 9.07. The molecule has 2 bridgehead atoms. The first-order valence-electron chi connectivity index (χ1n) is 11.4. The van der Waals surface area contributed by atoms with Crippen LogP contribution in [0.2, 0.25) is 0 Å². The Morgan fingerprint density at radius 1 is 1.18 bits per heavy atom. The summed E-state index contributed by atoms with van der Waals surface area (Å²) in [5, 5.41) is 15.1. The zero-order chi connectivity index (χ0) is 23.2. The molecule has 1 unspecified atom stereocenters. The Morgan fingerprint density at radius 3 is 2.76 bits per heavy atom. The third kappa shape index (κ3) is 4.10. The molecule has 2 saturated heterocycles. The summed E-state index contributed by atoms with van der Waals surface area (Å²) in [7, 11) is 1.67. The molecule has 2 aliphatic rings. The molecule has 0 aliphatic carbocycles. The molecule has 2 N–H and O–H groups in total. The van der Waals surface area contributed by atoms with Crippen LogP contribution in [0.5, 0.6) is 5.75 Å². The molecule has 176 valence electrons. The van der Waals surface area contributed by atoms with Crippen LogP contribution >= 0.6 is 0 Å². The van der Waals surface area contributed by atoms with Crippen LogP contribution in [0.25, 0.3) is 16.6 Å². The van der Waals surface area contributed by atoms with Crippen LogP contribution in [0, 0.1) is 12.7 Å². The van der Waals surface area contributed by atoms with Gasteiger partial charge in [0.25, 0.3) is 0 Å². The Morgan fingerprint density at radius 2 is 2.00 bits per heavy atom. The van der Waals surface area contributed by atoms with E-state index < -0.39 is 5.82 Å². The lowest BCUT2D eigenvalue weighted by Crippen LogP contribution is -2.56. The van der Waals surface area contributed by atoms with Gasteiger partial charge in [-0.3, -0.25) is 9.67 Å². The predicted octanol–water partition coefficient (Wildman–Crippen LogP) is 3.22. The number of aryl methyl sites for hydroxylation is 2. The van der Waals surface area contributed by atoms with Gasteiger partial charge >= 0.3 is 0 Å². The number of pyridine rings is 2. The van der Waals surface area contributed by atoms with Gasteiger partial charge in [-0.1, -0.05) is 0 Å². The van der Waals surface area contributed by atoms with Crippen molar-refractivity contribution in [2.24, 2.45) is 7.05 Å². The number of nitrogens with one attached hydrogen (secondary N) is 2. The molecule has 0 saturated carbocycles. The average molecular weight is 464 g/mol. The van der Waals surface area contributed by atoms with E-state index in [-0.39, 0.29) is 11.9 Å². The van der Waals surface area contributed by atoms with Gasteiger partial charge in [0, 0.05) is 55.5 Å². The second-order valence-corrected chi connectivity index (χ2v) is 9.07. The lowest BCUT2D eigenvalue weighted by Gasteiger charge is -2.40. The molecule has 3 atom stereocenters. The van der Waals surface area contributed by atoms with Gasteiger partial charge in [0.2, 0.25) is 0 Å². The van der Waals surface area contributed by atoms with Crippen molar-refractivity contribution in [1.29, 1.82) is 0 Å². The normalized spacial score (nSPS) is 22.1. The highest BCUT2D eigenvalue weighted by Crippen LogP contribution is 2.34. The summed E-state index contributed by atoms with van der Waals surface area (Å²) < 4.78 is 29.3. The van der Waals surface area contributed by atoms with Gasteiger partial charge in [-0.25, -0.2) is 8.91 Å². The minimum absolute atomic E-state index is 0.117. The lowest BCUT2D eigenvalue weighted by atomic mass is 9.94. The van der Waals surface area contributed by atoms with Crippen molar-refractivity contribution in [3.8, 4) is 16.9 Å². The fourth-order valence-corrected chi connectivity index (χ4v) is 4.82. The molecule has 2 fully saturated rings. The summed E-state index contributed by atoms with van der Waals surface area (Å²) in [6.45, 7) is 3.43. The van der Waals surface area contributed by atoms with Crippen LogP contribution < -0.4 is 15.4 Å². The molecule has 10 heteroatoms. The highest BCUT2D eigenvalue weighted by Gasteiger charge is 2.33. The zero-order valence-corrected chi connectivity index (χ0v) is 19.0. The number of piperidine rings is 1. The maximum atomic E-state index is 14.0. The number of halogens is 1. The van der Waals surface area contributed by atoms with Crippen LogP contribution in [0.1, 0.15) is 18.5 Å². The topological polar surface area (TPSA) is 90.5 Å². The van der Waals surface area contributed by atoms with E-state index in [1.165, 1.54) is 10.9 Å². The van der Waals surface area contributed by atoms with Gasteiger partial charge in [0.15, 0.2) is 17.5 Å².